The standard InChI is InChI=1S/C13H13N3OS/c1-8-6-16(9(2)14-8)11-3-4-12-10(5-11)7-18-13(17)15-12/h3-6H,7H2,1-2H3,(H,15,17). The van der Waals surface area contributed by atoms with Crippen molar-refractivity contribution in [3.8, 4) is 5.69 Å². The van der Waals surface area contributed by atoms with E-state index < -0.39 is 0 Å². The normalized spacial score (nSPS) is 14.2. The highest BCUT2D eigenvalue weighted by Crippen LogP contribution is 2.30. The number of carbonyl (C=O) groups excluding carboxylic acids is 1. The molecule has 18 heavy (non-hydrogen) atoms. The van der Waals surface area contributed by atoms with Gasteiger partial charge in [-0.1, -0.05) is 11.8 Å². The Morgan fingerprint density at radius 1 is 1.39 bits per heavy atom. The molecule has 0 atom stereocenters. The van der Waals surface area contributed by atoms with Crippen LogP contribution in [-0.4, -0.2) is 14.8 Å². The Labute approximate surface area is 109 Å². The second-order valence-corrected chi connectivity index (χ2v) is 5.29. The van der Waals surface area contributed by atoms with Gasteiger partial charge >= 0.3 is 0 Å². The van der Waals surface area contributed by atoms with Gasteiger partial charge in [-0.25, -0.2) is 4.98 Å². The maximum absolute atomic E-state index is 11.3. The highest BCUT2D eigenvalue weighted by atomic mass is 32.2. The van der Waals surface area contributed by atoms with E-state index in [0.717, 1.165) is 34.2 Å². The Balaban J connectivity index is 2.05. The summed E-state index contributed by atoms with van der Waals surface area (Å²) in [5.41, 5.74) is 4.16. The molecule has 0 saturated heterocycles. The molecule has 1 aliphatic rings. The lowest BCUT2D eigenvalue weighted by Crippen LogP contribution is -2.12. The topological polar surface area (TPSA) is 46.9 Å². The van der Waals surface area contributed by atoms with E-state index >= 15 is 0 Å². The summed E-state index contributed by atoms with van der Waals surface area (Å²) in [5, 5.41) is 2.88. The van der Waals surface area contributed by atoms with Gasteiger partial charge in [0.1, 0.15) is 5.82 Å². The van der Waals surface area contributed by atoms with Crippen LogP contribution in [-0.2, 0) is 5.75 Å². The van der Waals surface area contributed by atoms with Gasteiger partial charge in [-0.2, -0.15) is 0 Å². The highest BCUT2D eigenvalue weighted by Gasteiger charge is 2.16. The maximum Gasteiger partial charge on any atom is 0.283 e. The molecule has 1 N–H and O–H groups in total. The average Bonchev–Trinajstić information content (AvgIpc) is 2.68. The van der Waals surface area contributed by atoms with Gasteiger partial charge in [0.15, 0.2) is 0 Å². The first-order valence-electron chi connectivity index (χ1n) is 5.73. The molecular weight excluding hydrogens is 246 g/mol. The monoisotopic (exact) mass is 259 g/mol. The van der Waals surface area contributed by atoms with Crippen LogP contribution in [0.1, 0.15) is 17.1 Å². The van der Waals surface area contributed by atoms with Crippen LogP contribution in [0.4, 0.5) is 10.5 Å². The molecule has 1 aromatic heterocycles. The number of rotatable bonds is 1. The first-order chi connectivity index (χ1) is 8.63. The molecule has 4 nitrogen and oxygen atoms in total. The number of anilines is 1. The second kappa shape index (κ2) is 4.17. The van der Waals surface area contributed by atoms with Crippen LogP contribution >= 0.6 is 11.8 Å². The van der Waals surface area contributed by atoms with E-state index in [1.165, 1.54) is 11.8 Å². The Kier molecular flexibility index (Phi) is 2.63. The van der Waals surface area contributed by atoms with Gasteiger partial charge in [0.2, 0.25) is 0 Å². The van der Waals surface area contributed by atoms with E-state index in [2.05, 4.69) is 20.9 Å². The zero-order valence-electron chi connectivity index (χ0n) is 10.2. The van der Waals surface area contributed by atoms with E-state index in [4.69, 9.17) is 0 Å². The van der Waals surface area contributed by atoms with E-state index in [-0.39, 0.29) is 5.24 Å². The van der Waals surface area contributed by atoms with Crippen molar-refractivity contribution >= 4 is 22.7 Å². The quantitative estimate of drug-likeness (QED) is 0.855. The number of benzene rings is 1. The molecule has 5 heteroatoms. The van der Waals surface area contributed by atoms with Crippen LogP contribution < -0.4 is 5.32 Å². The third-order valence-electron chi connectivity index (χ3n) is 2.97. The molecule has 0 radical (unpaired) electrons. The lowest BCUT2D eigenvalue weighted by atomic mass is 10.1. The minimum Gasteiger partial charge on any atom is -0.317 e. The number of aryl methyl sites for hydroxylation is 2. The molecule has 1 amide bonds. The van der Waals surface area contributed by atoms with Crippen molar-refractivity contribution in [2.24, 2.45) is 0 Å². The van der Waals surface area contributed by atoms with Crippen molar-refractivity contribution in [1.29, 1.82) is 0 Å². The second-order valence-electron chi connectivity index (χ2n) is 4.34. The molecule has 0 aliphatic carbocycles. The number of fused-ring (bicyclic) bond motifs is 1. The van der Waals surface area contributed by atoms with Crippen LogP contribution in [0.25, 0.3) is 5.69 Å². The van der Waals surface area contributed by atoms with E-state index in [0.29, 0.717) is 0 Å². The van der Waals surface area contributed by atoms with Gasteiger partial charge in [-0.15, -0.1) is 0 Å². The van der Waals surface area contributed by atoms with Crippen LogP contribution in [0.3, 0.4) is 0 Å². The Morgan fingerprint density at radius 3 is 2.94 bits per heavy atom. The predicted molar refractivity (Wildman–Crippen MR) is 73.4 cm³/mol. The molecule has 0 unspecified atom stereocenters. The summed E-state index contributed by atoms with van der Waals surface area (Å²) in [6.45, 7) is 3.97. The summed E-state index contributed by atoms with van der Waals surface area (Å²) >= 11 is 1.30. The van der Waals surface area contributed by atoms with Crippen molar-refractivity contribution in [1.82, 2.24) is 9.55 Å². The fourth-order valence-corrected chi connectivity index (χ4v) is 2.85. The van der Waals surface area contributed by atoms with E-state index in [1.54, 1.807) is 0 Å². The lowest BCUT2D eigenvalue weighted by Gasteiger charge is -2.17. The number of nitrogens with one attached hydrogen (secondary N) is 1. The average molecular weight is 259 g/mol. The number of aromatic nitrogens is 2. The molecule has 0 spiro atoms. The first-order valence-corrected chi connectivity index (χ1v) is 6.72. The number of thioether (sulfide) groups is 1. The Bertz CT molecular complexity index is 633. The first kappa shape index (κ1) is 11.3. The molecule has 0 bridgehead atoms. The predicted octanol–water partition coefficient (Wildman–Crippen LogP) is 3.27. The van der Waals surface area contributed by atoms with Crippen LogP contribution in [0.2, 0.25) is 0 Å². The minimum absolute atomic E-state index is 0.0184. The fourth-order valence-electron chi connectivity index (χ4n) is 2.14. The van der Waals surface area contributed by atoms with Gasteiger partial charge in [-0.05, 0) is 37.6 Å². The molecular formula is C13H13N3OS. The third kappa shape index (κ3) is 1.90. The smallest absolute Gasteiger partial charge is 0.283 e. The number of nitrogens with zero attached hydrogens (tertiary/aromatic N) is 2. The molecule has 1 aromatic carbocycles. The summed E-state index contributed by atoms with van der Waals surface area (Å²) in [4.78, 5) is 15.7. The Hall–Kier alpha value is -1.75. The molecule has 3 rings (SSSR count). The summed E-state index contributed by atoms with van der Waals surface area (Å²) in [6, 6.07) is 6.07. The SMILES string of the molecule is Cc1cn(-c2ccc3c(c2)CSC(=O)N3)c(C)n1. The van der Waals surface area contributed by atoms with Crippen molar-refractivity contribution in [3.05, 3.63) is 41.5 Å². The molecule has 2 heterocycles. The van der Waals surface area contributed by atoms with Gasteiger partial charge in [0, 0.05) is 23.3 Å². The molecule has 92 valence electrons. The zero-order chi connectivity index (χ0) is 12.7. The lowest BCUT2D eigenvalue weighted by molar-refractivity contribution is 0.269. The minimum atomic E-state index is 0.0184. The highest BCUT2D eigenvalue weighted by molar-refractivity contribution is 8.13. The molecule has 1 aliphatic heterocycles. The van der Waals surface area contributed by atoms with Gasteiger partial charge in [-0.3, -0.25) is 4.79 Å². The molecule has 0 saturated carbocycles. The van der Waals surface area contributed by atoms with Gasteiger partial charge in [0.05, 0.1) is 5.69 Å². The van der Waals surface area contributed by atoms with Crippen LogP contribution in [0, 0.1) is 13.8 Å². The number of amides is 1. The van der Waals surface area contributed by atoms with Crippen molar-refractivity contribution in [2.75, 3.05) is 5.32 Å². The Morgan fingerprint density at radius 2 is 2.22 bits per heavy atom. The third-order valence-corrected chi connectivity index (χ3v) is 3.78. The van der Waals surface area contributed by atoms with Crippen molar-refractivity contribution < 1.29 is 4.79 Å². The summed E-state index contributed by atoms with van der Waals surface area (Å²) in [6.07, 6.45) is 2.02. The maximum atomic E-state index is 11.3. The van der Waals surface area contributed by atoms with Gasteiger partial charge < -0.3 is 9.88 Å². The number of carbonyl (C=O) groups is 1. The van der Waals surface area contributed by atoms with Crippen molar-refractivity contribution in [2.45, 2.75) is 19.6 Å². The number of imidazole rings is 1. The van der Waals surface area contributed by atoms with Crippen LogP contribution in [0.15, 0.2) is 24.4 Å². The summed E-state index contributed by atoms with van der Waals surface area (Å²) in [7, 11) is 0. The fraction of sp³-hybridized carbons (Fsp3) is 0.231. The van der Waals surface area contributed by atoms with E-state index in [1.807, 2.05) is 32.2 Å². The summed E-state index contributed by atoms with van der Waals surface area (Å²) < 4.78 is 2.07. The number of hydrogen-bond acceptors (Lipinski definition) is 3. The van der Waals surface area contributed by atoms with Gasteiger partial charge in [0.25, 0.3) is 5.24 Å². The number of hydrogen-bond donors (Lipinski definition) is 1. The zero-order valence-corrected chi connectivity index (χ0v) is 11.0. The van der Waals surface area contributed by atoms with Crippen molar-refractivity contribution in [3.63, 3.8) is 0 Å². The molecule has 2 aromatic rings. The van der Waals surface area contributed by atoms with E-state index in [9.17, 15) is 4.79 Å². The van der Waals surface area contributed by atoms with Crippen LogP contribution in [0.5, 0.6) is 0 Å². The molecule has 0 fully saturated rings. The summed E-state index contributed by atoms with van der Waals surface area (Å²) in [5.74, 6) is 1.70. The largest absolute Gasteiger partial charge is 0.317 e.